The summed E-state index contributed by atoms with van der Waals surface area (Å²) in [5.74, 6) is 0. The Kier molecular flexibility index (Phi) is 7.88. The second kappa shape index (κ2) is 9.13. The summed E-state index contributed by atoms with van der Waals surface area (Å²) in [7, 11) is 0. The van der Waals surface area contributed by atoms with Crippen LogP contribution in [0.1, 0.15) is 44.9 Å². The van der Waals surface area contributed by atoms with Crippen LogP contribution in [-0.2, 0) is 4.74 Å². The summed E-state index contributed by atoms with van der Waals surface area (Å²) in [6.45, 7) is 3.02. The Hall–Kier alpha value is -0.120. The third kappa shape index (κ3) is 6.88. The molecule has 0 radical (unpaired) electrons. The van der Waals surface area contributed by atoms with Crippen molar-refractivity contribution in [2.75, 3.05) is 26.4 Å². The molecule has 0 aromatic carbocycles. The number of hydrogen-bond donors (Lipinski definition) is 2. The first kappa shape index (κ1) is 12.9. The van der Waals surface area contributed by atoms with Crippen LogP contribution < -0.4 is 5.32 Å². The van der Waals surface area contributed by atoms with Crippen molar-refractivity contribution < 1.29 is 9.84 Å². The third-order valence-electron chi connectivity index (χ3n) is 2.95. The van der Waals surface area contributed by atoms with Gasteiger partial charge in [0.2, 0.25) is 0 Å². The molecule has 0 aromatic rings. The Bertz CT molecular complexity index is 136. The summed E-state index contributed by atoms with van der Waals surface area (Å²) >= 11 is 0. The lowest BCUT2D eigenvalue weighted by atomic mass is 10.2. The van der Waals surface area contributed by atoms with Gasteiger partial charge >= 0.3 is 0 Å². The summed E-state index contributed by atoms with van der Waals surface area (Å²) in [6, 6.07) is 0.777. The van der Waals surface area contributed by atoms with Gasteiger partial charge in [-0.05, 0) is 38.6 Å². The predicted octanol–water partition coefficient (Wildman–Crippen LogP) is 1.70. The van der Waals surface area contributed by atoms with Crippen LogP contribution in [0.15, 0.2) is 0 Å². The molecule has 1 saturated carbocycles. The SMILES string of the molecule is OCCCCOCCCNC1CCCC1. The van der Waals surface area contributed by atoms with E-state index in [0.717, 1.165) is 45.1 Å². The van der Waals surface area contributed by atoms with Gasteiger partial charge in [0.15, 0.2) is 0 Å². The highest BCUT2D eigenvalue weighted by Crippen LogP contribution is 2.17. The van der Waals surface area contributed by atoms with Crippen molar-refractivity contribution in [3.05, 3.63) is 0 Å². The summed E-state index contributed by atoms with van der Waals surface area (Å²) < 4.78 is 5.45. The number of nitrogens with one attached hydrogen (secondary N) is 1. The van der Waals surface area contributed by atoms with Gasteiger partial charge in [-0.15, -0.1) is 0 Å². The van der Waals surface area contributed by atoms with E-state index in [1.807, 2.05) is 0 Å². The number of aliphatic hydroxyl groups excluding tert-OH is 1. The standard InChI is InChI=1S/C12H25NO2/c14-9-3-4-10-15-11-5-8-13-12-6-1-2-7-12/h12-14H,1-11H2. The minimum atomic E-state index is 0.284. The van der Waals surface area contributed by atoms with Crippen LogP contribution in [0.5, 0.6) is 0 Å². The molecule has 0 unspecified atom stereocenters. The first-order chi connectivity index (χ1) is 7.43. The van der Waals surface area contributed by atoms with Gasteiger partial charge in [0.1, 0.15) is 0 Å². The molecule has 1 aliphatic rings. The number of rotatable bonds is 9. The molecule has 15 heavy (non-hydrogen) atoms. The largest absolute Gasteiger partial charge is 0.396 e. The second-order valence-corrected chi connectivity index (χ2v) is 4.33. The molecule has 0 spiro atoms. The molecule has 0 amide bonds. The minimum absolute atomic E-state index is 0.284. The molecule has 0 aliphatic heterocycles. The monoisotopic (exact) mass is 215 g/mol. The Labute approximate surface area is 93.2 Å². The number of ether oxygens (including phenoxy) is 1. The first-order valence-corrected chi connectivity index (χ1v) is 6.35. The summed E-state index contributed by atoms with van der Waals surface area (Å²) in [4.78, 5) is 0. The molecule has 0 atom stereocenters. The van der Waals surface area contributed by atoms with Crippen molar-refractivity contribution in [1.82, 2.24) is 5.32 Å². The molecule has 1 rings (SSSR count). The zero-order chi connectivity index (χ0) is 10.8. The number of aliphatic hydroxyl groups is 1. The predicted molar refractivity (Wildman–Crippen MR) is 62.0 cm³/mol. The molecular formula is C12H25NO2. The molecule has 0 aromatic heterocycles. The highest BCUT2D eigenvalue weighted by Gasteiger charge is 2.12. The molecule has 0 saturated heterocycles. The zero-order valence-corrected chi connectivity index (χ0v) is 9.71. The fourth-order valence-electron chi connectivity index (χ4n) is 2.03. The smallest absolute Gasteiger partial charge is 0.0478 e. The minimum Gasteiger partial charge on any atom is -0.396 e. The molecule has 3 heteroatoms. The van der Waals surface area contributed by atoms with Crippen molar-refractivity contribution in [3.63, 3.8) is 0 Å². The molecule has 2 N–H and O–H groups in total. The Balaban J connectivity index is 1.73. The van der Waals surface area contributed by atoms with Crippen LogP contribution in [0.3, 0.4) is 0 Å². The molecule has 1 aliphatic carbocycles. The first-order valence-electron chi connectivity index (χ1n) is 6.35. The van der Waals surface area contributed by atoms with Gasteiger partial charge in [0, 0.05) is 25.9 Å². The van der Waals surface area contributed by atoms with E-state index in [4.69, 9.17) is 9.84 Å². The van der Waals surface area contributed by atoms with Gasteiger partial charge in [-0.25, -0.2) is 0 Å². The van der Waals surface area contributed by atoms with E-state index >= 15 is 0 Å². The summed E-state index contributed by atoms with van der Waals surface area (Å²) in [6.07, 6.45) is 8.46. The van der Waals surface area contributed by atoms with Gasteiger partial charge in [-0.3, -0.25) is 0 Å². The van der Waals surface area contributed by atoms with E-state index in [0.29, 0.717) is 0 Å². The van der Waals surface area contributed by atoms with E-state index in [1.54, 1.807) is 0 Å². The van der Waals surface area contributed by atoms with Crippen LogP contribution in [0, 0.1) is 0 Å². The van der Waals surface area contributed by atoms with E-state index in [-0.39, 0.29) is 6.61 Å². The van der Waals surface area contributed by atoms with Gasteiger partial charge in [-0.2, -0.15) is 0 Å². The fraction of sp³-hybridized carbons (Fsp3) is 1.00. The van der Waals surface area contributed by atoms with E-state index < -0.39 is 0 Å². The van der Waals surface area contributed by atoms with Gasteiger partial charge in [0.25, 0.3) is 0 Å². The molecule has 0 bridgehead atoms. The normalized spacial score (nSPS) is 17.4. The molecule has 90 valence electrons. The van der Waals surface area contributed by atoms with Crippen LogP contribution in [-0.4, -0.2) is 37.5 Å². The fourth-order valence-corrected chi connectivity index (χ4v) is 2.03. The number of unbranched alkanes of at least 4 members (excludes halogenated alkanes) is 1. The van der Waals surface area contributed by atoms with Gasteiger partial charge in [-0.1, -0.05) is 12.8 Å². The summed E-state index contributed by atoms with van der Waals surface area (Å²) in [5, 5.41) is 12.1. The van der Waals surface area contributed by atoms with E-state index in [9.17, 15) is 0 Å². The third-order valence-corrected chi connectivity index (χ3v) is 2.95. The van der Waals surface area contributed by atoms with Crippen molar-refractivity contribution in [2.24, 2.45) is 0 Å². The van der Waals surface area contributed by atoms with Crippen LogP contribution >= 0.6 is 0 Å². The highest BCUT2D eigenvalue weighted by molar-refractivity contribution is 4.72. The maximum atomic E-state index is 8.56. The Morgan fingerprint density at radius 1 is 1.07 bits per heavy atom. The van der Waals surface area contributed by atoms with Crippen LogP contribution in [0.4, 0.5) is 0 Å². The number of hydrogen-bond acceptors (Lipinski definition) is 3. The quantitative estimate of drug-likeness (QED) is 0.575. The maximum absolute atomic E-state index is 8.56. The molecule has 0 heterocycles. The highest BCUT2D eigenvalue weighted by atomic mass is 16.5. The van der Waals surface area contributed by atoms with Crippen molar-refractivity contribution in [3.8, 4) is 0 Å². The molecular weight excluding hydrogens is 190 g/mol. The van der Waals surface area contributed by atoms with Gasteiger partial charge < -0.3 is 15.2 Å². The molecule has 3 nitrogen and oxygen atoms in total. The van der Waals surface area contributed by atoms with Crippen LogP contribution in [0.25, 0.3) is 0 Å². The van der Waals surface area contributed by atoms with Crippen molar-refractivity contribution in [1.29, 1.82) is 0 Å². The maximum Gasteiger partial charge on any atom is 0.0478 e. The lowest BCUT2D eigenvalue weighted by molar-refractivity contribution is 0.122. The van der Waals surface area contributed by atoms with E-state index in [2.05, 4.69) is 5.32 Å². The van der Waals surface area contributed by atoms with Gasteiger partial charge in [0.05, 0.1) is 0 Å². The average Bonchev–Trinajstić information content (AvgIpc) is 2.75. The lowest BCUT2D eigenvalue weighted by Gasteiger charge is -2.11. The topological polar surface area (TPSA) is 41.5 Å². The van der Waals surface area contributed by atoms with Crippen molar-refractivity contribution >= 4 is 0 Å². The second-order valence-electron chi connectivity index (χ2n) is 4.33. The summed E-state index contributed by atoms with van der Waals surface area (Å²) in [5.41, 5.74) is 0. The Morgan fingerprint density at radius 2 is 1.80 bits per heavy atom. The van der Waals surface area contributed by atoms with Crippen molar-refractivity contribution in [2.45, 2.75) is 51.0 Å². The van der Waals surface area contributed by atoms with Crippen LogP contribution in [0.2, 0.25) is 0 Å². The average molecular weight is 215 g/mol. The lowest BCUT2D eigenvalue weighted by Crippen LogP contribution is -2.27. The molecule has 1 fully saturated rings. The van der Waals surface area contributed by atoms with E-state index in [1.165, 1.54) is 25.7 Å². The Morgan fingerprint density at radius 3 is 2.53 bits per heavy atom. The zero-order valence-electron chi connectivity index (χ0n) is 9.71.